The van der Waals surface area contributed by atoms with Crippen LogP contribution in [0.25, 0.3) is 0 Å². The van der Waals surface area contributed by atoms with E-state index in [-0.39, 0.29) is 0 Å². The lowest BCUT2D eigenvalue weighted by Crippen LogP contribution is -2.38. The number of hydrogen-bond donors (Lipinski definition) is 2. The Hall–Kier alpha value is -1.35. The molecule has 0 saturated carbocycles. The molecule has 2 N–H and O–H groups in total. The molecule has 3 rings (SSSR count). The van der Waals surface area contributed by atoms with Crippen molar-refractivity contribution < 1.29 is 0 Å². The molecule has 2 atom stereocenters. The van der Waals surface area contributed by atoms with E-state index < -0.39 is 0 Å². The number of aryl methyl sites for hydroxylation is 1. The molecule has 2 unspecified atom stereocenters. The minimum Gasteiger partial charge on any atom is -0.316 e. The molecule has 1 aromatic carbocycles. The zero-order valence-electron chi connectivity index (χ0n) is 9.53. The van der Waals surface area contributed by atoms with Gasteiger partial charge in [-0.15, -0.1) is 0 Å². The first kappa shape index (κ1) is 9.85. The maximum Gasteiger partial charge on any atom is 0.0782 e. The van der Waals surface area contributed by atoms with Crippen LogP contribution in [0.1, 0.15) is 23.6 Å². The van der Waals surface area contributed by atoms with Crippen molar-refractivity contribution in [3.63, 3.8) is 0 Å². The van der Waals surface area contributed by atoms with E-state index in [4.69, 9.17) is 0 Å². The fraction of sp³-hybridized carbons (Fsp3) is 0.462. The Kier molecular flexibility index (Phi) is 2.40. The van der Waals surface area contributed by atoms with Gasteiger partial charge < -0.3 is 10.7 Å². The molecular formula is C13H17N3. The number of rotatable bonds is 1. The number of hydrazone groups is 1. The minimum atomic E-state index is 0.364. The molecule has 3 nitrogen and oxygen atoms in total. The van der Waals surface area contributed by atoms with Crippen LogP contribution in [0.3, 0.4) is 0 Å². The van der Waals surface area contributed by atoms with Crippen LogP contribution in [0, 0.1) is 12.8 Å². The van der Waals surface area contributed by atoms with Gasteiger partial charge in [-0.25, -0.2) is 0 Å². The van der Waals surface area contributed by atoms with Crippen molar-refractivity contribution in [1.29, 1.82) is 0 Å². The van der Waals surface area contributed by atoms with Crippen molar-refractivity contribution in [2.45, 2.75) is 19.4 Å². The molecule has 2 heterocycles. The fourth-order valence-electron chi connectivity index (χ4n) is 2.64. The van der Waals surface area contributed by atoms with E-state index in [0.29, 0.717) is 12.0 Å². The van der Waals surface area contributed by atoms with E-state index in [1.54, 1.807) is 0 Å². The highest BCUT2D eigenvalue weighted by Gasteiger charge is 2.33. The molecular weight excluding hydrogens is 198 g/mol. The van der Waals surface area contributed by atoms with Gasteiger partial charge in [-0.1, -0.05) is 29.8 Å². The standard InChI is InChI=1S/C13H17N3/c1-9-3-2-4-10(7-9)13-11-8-14-6-5-12(11)15-16-13/h2-4,7,11,13-14,16H,5-6,8H2,1H3. The zero-order valence-corrected chi connectivity index (χ0v) is 9.53. The number of hydrogen-bond acceptors (Lipinski definition) is 3. The summed E-state index contributed by atoms with van der Waals surface area (Å²) < 4.78 is 0. The SMILES string of the molecule is Cc1cccc(C2NN=C3CCNCC32)c1. The van der Waals surface area contributed by atoms with Crippen LogP contribution in [0.5, 0.6) is 0 Å². The molecule has 84 valence electrons. The van der Waals surface area contributed by atoms with Crippen molar-refractivity contribution in [2.75, 3.05) is 13.1 Å². The number of benzene rings is 1. The highest BCUT2D eigenvalue weighted by atomic mass is 15.3. The molecule has 1 fully saturated rings. The molecule has 0 bridgehead atoms. The Labute approximate surface area is 95.9 Å². The maximum atomic E-state index is 4.47. The summed E-state index contributed by atoms with van der Waals surface area (Å²) in [6, 6.07) is 9.07. The average Bonchev–Trinajstić information content (AvgIpc) is 2.72. The zero-order chi connectivity index (χ0) is 11.0. The Balaban J connectivity index is 1.87. The second-order valence-electron chi connectivity index (χ2n) is 4.68. The summed E-state index contributed by atoms with van der Waals surface area (Å²) in [7, 11) is 0. The van der Waals surface area contributed by atoms with E-state index in [1.165, 1.54) is 16.8 Å². The molecule has 0 aromatic heterocycles. The lowest BCUT2D eigenvalue weighted by atomic mass is 9.87. The van der Waals surface area contributed by atoms with Gasteiger partial charge in [0.15, 0.2) is 0 Å². The van der Waals surface area contributed by atoms with Crippen molar-refractivity contribution in [1.82, 2.24) is 10.7 Å². The molecule has 2 aliphatic heterocycles. The molecule has 3 heteroatoms. The molecule has 1 aromatic rings. The van der Waals surface area contributed by atoms with E-state index in [1.807, 2.05) is 0 Å². The molecule has 2 aliphatic rings. The number of nitrogens with zero attached hydrogens (tertiary/aromatic N) is 1. The summed E-state index contributed by atoms with van der Waals surface area (Å²) in [5.41, 5.74) is 7.30. The van der Waals surface area contributed by atoms with Crippen LogP contribution in [0.2, 0.25) is 0 Å². The summed E-state index contributed by atoms with van der Waals surface area (Å²) in [6.45, 7) is 4.25. The first-order valence-corrected chi connectivity index (χ1v) is 5.94. The van der Waals surface area contributed by atoms with Gasteiger partial charge in [-0.2, -0.15) is 5.10 Å². The van der Waals surface area contributed by atoms with Gasteiger partial charge in [0.25, 0.3) is 0 Å². The second kappa shape index (κ2) is 3.91. The largest absolute Gasteiger partial charge is 0.316 e. The van der Waals surface area contributed by atoms with E-state index >= 15 is 0 Å². The third-order valence-electron chi connectivity index (χ3n) is 3.50. The van der Waals surface area contributed by atoms with E-state index in [9.17, 15) is 0 Å². The quantitative estimate of drug-likeness (QED) is 0.746. The Morgan fingerprint density at radius 2 is 2.31 bits per heavy atom. The summed E-state index contributed by atoms with van der Waals surface area (Å²) in [6.07, 6.45) is 1.08. The van der Waals surface area contributed by atoms with E-state index in [0.717, 1.165) is 19.5 Å². The van der Waals surface area contributed by atoms with Crippen LogP contribution in [0.4, 0.5) is 0 Å². The van der Waals surface area contributed by atoms with Crippen LogP contribution >= 0.6 is 0 Å². The molecule has 16 heavy (non-hydrogen) atoms. The number of nitrogens with one attached hydrogen (secondary N) is 2. The van der Waals surface area contributed by atoms with Crippen LogP contribution in [0.15, 0.2) is 29.4 Å². The average molecular weight is 215 g/mol. The predicted octanol–water partition coefficient (Wildman–Crippen LogP) is 1.60. The van der Waals surface area contributed by atoms with Gasteiger partial charge in [0.05, 0.1) is 6.04 Å². The maximum absolute atomic E-state index is 4.47. The van der Waals surface area contributed by atoms with Crippen molar-refractivity contribution in [3.05, 3.63) is 35.4 Å². The second-order valence-corrected chi connectivity index (χ2v) is 4.68. The fourth-order valence-corrected chi connectivity index (χ4v) is 2.64. The highest BCUT2D eigenvalue weighted by Crippen LogP contribution is 2.30. The molecule has 0 radical (unpaired) electrons. The Morgan fingerprint density at radius 3 is 3.19 bits per heavy atom. The molecule has 0 amide bonds. The number of piperidine rings is 1. The molecule has 0 spiro atoms. The van der Waals surface area contributed by atoms with Gasteiger partial charge >= 0.3 is 0 Å². The van der Waals surface area contributed by atoms with Gasteiger partial charge in [-0.05, 0) is 12.5 Å². The summed E-state index contributed by atoms with van der Waals surface area (Å²) in [5.74, 6) is 0.538. The van der Waals surface area contributed by atoms with Gasteiger partial charge in [0, 0.05) is 31.1 Å². The summed E-state index contributed by atoms with van der Waals surface area (Å²) in [5, 5.41) is 7.92. The van der Waals surface area contributed by atoms with Crippen LogP contribution in [-0.2, 0) is 0 Å². The van der Waals surface area contributed by atoms with Gasteiger partial charge in [-0.3, -0.25) is 0 Å². The smallest absolute Gasteiger partial charge is 0.0782 e. The predicted molar refractivity (Wildman–Crippen MR) is 65.5 cm³/mol. The Morgan fingerprint density at radius 1 is 1.38 bits per heavy atom. The van der Waals surface area contributed by atoms with Gasteiger partial charge in [0.1, 0.15) is 0 Å². The molecule has 1 saturated heterocycles. The number of fused-ring (bicyclic) bond motifs is 1. The lowest BCUT2D eigenvalue weighted by Gasteiger charge is -2.25. The van der Waals surface area contributed by atoms with Crippen molar-refractivity contribution in [2.24, 2.45) is 11.0 Å². The minimum absolute atomic E-state index is 0.364. The first-order valence-electron chi connectivity index (χ1n) is 5.94. The van der Waals surface area contributed by atoms with Crippen molar-refractivity contribution >= 4 is 5.71 Å². The monoisotopic (exact) mass is 215 g/mol. The highest BCUT2D eigenvalue weighted by molar-refractivity contribution is 5.89. The van der Waals surface area contributed by atoms with Crippen LogP contribution in [-0.4, -0.2) is 18.8 Å². The normalized spacial score (nSPS) is 28.2. The van der Waals surface area contributed by atoms with E-state index in [2.05, 4.69) is 47.0 Å². The summed E-state index contributed by atoms with van der Waals surface area (Å²) >= 11 is 0. The third kappa shape index (κ3) is 1.61. The topological polar surface area (TPSA) is 36.4 Å². The first-order chi connectivity index (χ1) is 7.84. The molecule has 0 aliphatic carbocycles. The van der Waals surface area contributed by atoms with Crippen molar-refractivity contribution in [3.8, 4) is 0 Å². The summed E-state index contributed by atoms with van der Waals surface area (Å²) in [4.78, 5) is 0. The lowest BCUT2D eigenvalue weighted by molar-refractivity contribution is 0.450. The Bertz CT molecular complexity index is 425. The van der Waals surface area contributed by atoms with Crippen LogP contribution < -0.4 is 10.7 Å². The van der Waals surface area contributed by atoms with Gasteiger partial charge in [0.2, 0.25) is 0 Å². The third-order valence-corrected chi connectivity index (χ3v) is 3.50.